The van der Waals surface area contributed by atoms with Crippen LogP contribution >= 0.6 is 0 Å². The van der Waals surface area contributed by atoms with E-state index < -0.39 is 17.9 Å². The molecule has 3 amide bonds. The number of carbonyl (C=O) groups is 3. The first-order chi connectivity index (χ1) is 14.1. The summed E-state index contributed by atoms with van der Waals surface area (Å²) in [6, 6.07) is 21.3. The Morgan fingerprint density at radius 2 is 1.17 bits per heavy atom. The fourth-order valence-electron chi connectivity index (χ4n) is 4.25. The second kappa shape index (κ2) is 6.41. The highest BCUT2D eigenvalue weighted by Gasteiger charge is 2.41. The largest absolute Gasteiger partial charge is 0.343 e. The van der Waals surface area contributed by atoms with Crippen molar-refractivity contribution >= 4 is 17.7 Å². The highest BCUT2D eigenvalue weighted by molar-refractivity contribution is 6.22. The number of hydrogen-bond donors (Lipinski definition) is 1. The van der Waals surface area contributed by atoms with Crippen molar-refractivity contribution in [1.82, 2.24) is 10.2 Å². The lowest BCUT2D eigenvalue weighted by Gasteiger charge is -2.24. The molecule has 1 aliphatic carbocycles. The number of benzene rings is 3. The lowest BCUT2D eigenvalue weighted by atomic mass is 10.0. The van der Waals surface area contributed by atoms with Crippen LogP contribution in [0.2, 0.25) is 0 Å². The smallest absolute Gasteiger partial charge is 0.262 e. The van der Waals surface area contributed by atoms with Crippen LogP contribution in [0.5, 0.6) is 0 Å². The van der Waals surface area contributed by atoms with Crippen molar-refractivity contribution in [2.24, 2.45) is 0 Å². The minimum atomic E-state index is -0.915. The SMILES string of the molecule is CC(C(=O)NC1c2ccccc2-c2ccccc21)N1C(=O)c2ccccc2C1=O. The molecule has 1 unspecified atom stereocenters. The normalized spacial score (nSPS) is 15.7. The van der Waals surface area contributed by atoms with Crippen LogP contribution in [0.1, 0.15) is 44.8 Å². The molecule has 2 aliphatic rings. The number of imide groups is 1. The van der Waals surface area contributed by atoms with Crippen LogP contribution in [0, 0.1) is 0 Å². The van der Waals surface area contributed by atoms with Gasteiger partial charge < -0.3 is 5.32 Å². The number of nitrogens with zero attached hydrogens (tertiary/aromatic N) is 1. The van der Waals surface area contributed by atoms with Crippen molar-refractivity contribution in [3.05, 3.63) is 95.1 Å². The van der Waals surface area contributed by atoms with Crippen molar-refractivity contribution in [1.29, 1.82) is 0 Å². The fraction of sp³-hybridized carbons (Fsp3) is 0.125. The zero-order valence-corrected chi connectivity index (χ0v) is 15.8. The third-order valence-corrected chi connectivity index (χ3v) is 5.71. The zero-order chi connectivity index (χ0) is 20.1. The van der Waals surface area contributed by atoms with E-state index in [0.717, 1.165) is 27.2 Å². The Bertz CT molecular complexity index is 1100. The molecule has 5 rings (SSSR count). The van der Waals surface area contributed by atoms with Gasteiger partial charge in [0, 0.05) is 0 Å². The third kappa shape index (κ3) is 2.51. The molecule has 3 aromatic carbocycles. The zero-order valence-electron chi connectivity index (χ0n) is 15.8. The standard InChI is InChI=1S/C24H18N2O3/c1-14(26-23(28)19-12-6-7-13-20(19)24(26)29)22(27)25-21-17-10-4-2-8-15(17)16-9-3-5-11-18(16)21/h2-14,21H,1H3,(H,25,27). The summed E-state index contributed by atoms with van der Waals surface area (Å²) in [4.78, 5) is 39.6. The van der Waals surface area contributed by atoms with Gasteiger partial charge in [-0.05, 0) is 41.3 Å². The summed E-state index contributed by atoms with van der Waals surface area (Å²) in [5, 5.41) is 3.05. The molecule has 0 fully saturated rings. The van der Waals surface area contributed by atoms with E-state index in [0.29, 0.717) is 11.1 Å². The number of fused-ring (bicyclic) bond motifs is 4. The summed E-state index contributed by atoms with van der Waals surface area (Å²) >= 11 is 0. The van der Waals surface area contributed by atoms with Gasteiger partial charge in [0.1, 0.15) is 6.04 Å². The van der Waals surface area contributed by atoms with Crippen molar-refractivity contribution in [2.75, 3.05) is 0 Å². The van der Waals surface area contributed by atoms with Gasteiger partial charge in [-0.25, -0.2) is 0 Å². The van der Waals surface area contributed by atoms with Gasteiger partial charge in [0.25, 0.3) is 11.8 Å². The van der Waals surface area contributed by atoms with Gasteiger partial charge >= 0.3 is 0 Å². The molecule has 29 heavy (non-hydrogen) atoms. The van der Waals surface area contributed by atoms with E-state index in [4.69, 9.17) is 0 Å². The molecule has 0 radical (unpaired) electrons. The molecule has 3 aromatic rings. The van der Waals surface area contributed by atoms with Crippen molar-refractivity contribution < 1.29 is 14.4 Å². The van der Waals surface area contributed by atoms with Gasteiger partial charge in [0.05, 0.1) is 17.2 Å². The van der Waals surface area contributed by atoms with Crippen molar-refractivity contribution in [2.45, 2.75) is 19.0 Å². The predicted octanol–water partition coefficient (Wildman–Crippen LogP) is 3.56. The fourth-order valence-corrected chi connectivity index (χ4v) is 4.25. The molecule has 0 saturated carbocycles. The first-order valence-corrected chi connectivity index (χ1v) is 9.53. The van der Waals surface area contributed by atoms with Crippen LogP contribution < -0.4 is 5.32 Å². The quantitative estimate of drug-likeness (QED) is 0.705. The Hall–Kier alpha value is -3.73. The van der Waals surface area contributed by atoms with Crippen LogP contribution in [-0.4, -0.2) is 28.7 Å². The number of carbonyl (C=O) groups excluding carboxylic acids is 3. The van der Waals surface area contributed by atoms with Gasteiger partial charge in [-0.15, -0.1) is 0 Å². The number of rotatable bonds is 3. The maximum atomic E-state index is 13.1. The summed E-state index contributed by atoms with van der Waals surface area (Å²) in [5.74, 6) is -1.23. The lowest BCUT2D eigenvalue weighted by molar-refractivity contribution is -0.125. The molecule has 1 atom stereocenters. The van der Waals surface area contributed by atoms with E-state index in [1.807, 2.05) is 48.5 Å². The summed E-state index contributed by atoms with van der Waals surface area (Å²) in [5.41, 5.74) is 4.87. The monoisotopic (exact) mass is 382 g/mol. The minimum absolute atomic E-state index is 0.312. The van der Waals surface area contributed by atoms with Crippen molar-refractivity contribution in [3.8, 4) is 11.1 Å². The molecule has 5 nitrogen and oxygen atoms in total. The van der Waals surface area contributed by atoms with Crippen LogP contribution in [0.3, 0.4) is 0 Å². The van der Waals surface area contributed by atoms with Gasteiger partial charge in [-0.1, -0.05) is 60.7 Å². The highest BCUT2D eigenvalue weighted by atomic mass is 16.2. The molecule has 0 aromatic heterocycles. The molecule has 5 heteroatoms. The Labute approximate surface area is 168 Å². The lowest BCUT2D eigenvalue weighted by Crippen LogP contribution is -2.48. The molecule has 142 valence electrons. The maximum Gasteiger partial charge on any atom is 0.262 e. The first-order valence-electron chi connectivity index (χ1n) is 9.53. The second-order valence-electron chi connectivity index (χ2n) is 7.32. The van der Waals surface area contributed by atoms with Gasteiger partial charge in [0.2, 0.25) is 5.91 Å². The van der Waals surface area contributed by atoms with Gasteiger partial charge in [-0.3, -0.25) is 19.3 Å². The highest BCUT2D eigenvalue weighted by Crippen LogP contribution is 2.43. The topological polar surface area (TPSA) is 66.5 Å². The van der Waals surface area contributed by atoms with Crippen LogP contribution in [0.15, 0.2) is 72.8 Å². The summed E-state index contributed by atoms with van der Waals surface area (Å²) in [6.07, 6.45) is 0. The summed E-state index contributed by atoms with van der Waals surface area (Å²) < 4.78 is 0. The Balaban J connectivity index is 1.44. The minimum Gasteiger partial charge on any atom is -0.343 e. The van der Waals surface area contributed by atoms with Crippen LogP contribution in [-0.2, 0) is 4.79 Å². The summed E-state index contributed by atoms with van der Waals surface area (Å²) in [6.45, 7) is 1.59. The first kappa shape index (κ1) is 17.4. The molecule has 0 bridgehead atoms. The maximum absolute atomic E-state index is 13.1. The predicted molar refractivity (Wildman–Crippen MR) is 108 cm³/mol. The molecule has 1 aliphatic heterocycles. The van der Waals surface area contributed by atoms with Gasteiger partial charge in [0.15, 0.2) is 0 Å². The Morgan fingerprint density at radius 1 is 0.759 bits per heavy atom. The van der Waals surface area contributed by atoms with E-state index in [9.17, 15) is 14.4 Å². The van der Waals surface area contributed by atoms with Crippen molar-refractivity contribution in [3.63, 3.8) is 0 Å². The Morgan fingerprint density at radius 3 is 1.66 bits per heavy atom. The molecule has 0 spiro atoms. The average Bonchev–Trinajstić information content (AvgIpc) is 3.20. The second-order valence-corrected chi connectivity index (χ2v) is 7.32. The van der Waals surface area contributed by atoms with E-state index in [-0.39, 0.29) is 11.9 Å². The molecular formula is C24H18N2O3. The van der Waals surface area contributed by atoms with Gasteiger partial charge in [-0.2, -0.15) is 0 Å². The van der Waals surface area contributed by atoms with Crippen LogP contribution in [0.4, 0.5) is 0 Å². The number of nitrogens with one attached hydrogen (secondary N) is 1. The van der Waals surface area contributed by atoms with E-state index in [1.165, 1.54) is 0 Å². The Kier molecular flexibility index (Phi) is 3.84. The number of hydrogen-bond acceptors (Lipinski definition) is 3. The molecule has 1 N–H and O–H groups in total. The summed E-state index contributed by atoms with van der Waals surface area (Å²) in [7, 11) is 0. The molecule has 1 heterocycles. The molecular weight excluding hydrogens is 364 g/mol. The van der Waals surface area contributed by atoms with Crippen LogP contribution in [0.25, 0.3) is 11.1 Å². The average molecular weight is 382 g/mol. The van der Waals surface area contributed by atoms with E-state index in [2.05, 4.69) is 5.32 Å². The molecule has 0 saturated heterocycles. The van der Waals surface area contributed by atoms with E-state index in [1.54, 1.807) is 31.2 Å². The van der Waals surface area contributed by atoms with E-state index >= 15 is 0 Å². The number of amides is 3. The third-order valence-electron chi connectivity index (χ3n) is 5.71.